The summed E-state index contributed by atoms with van der Waals surface area (Å²) >= 11 is 9.73. The average molecular weight is 546 g/mol. The fourth-order valence-corrected chi connectivity index (χ4v) is 5.07. The van der Waals surface area contributed by atoms with Gasteiger partial charge in [0.25, 0.3) is 0 Å². The number of hydrogen-bond donors (Lipinski definition) is 0. The van der Waals surface area contributed by atoms with E-state index in [0.29, 0.717) is 6.61 Å². The van der Waals surface area contributed by atoms with Gasteiger partial charge in [0.2, 0.25) is 6.23 Å². The molecule has 0 aliphatic carbocycles. The van der Waals surface area contributed by atoms with Gasteiger partial charge in [-0.1, -0.05) is 70.0 Å². The number of rotatable bonds is 5. The normalized spacial score (nSPS) is 18.3. The van der Waals surface area contributed by atoms with E-state index >= 15 is 0 Å². The van der Waals surface area contributed by atoms with Crippen molar-refractivity contribution in [3.05, 3.63) is 129 Å². The molecule has 6 rings (SSSR count). The molecule has 0 amide bonds. The molecule has 4 aromatic rings. The van der Waals surface area contributed by atoms with E-state index in [-0.39, 0.29) is 12.3 Å². The minimum absolute atomic E-state index is 0.0842. The summed E-state index contributed by atoms with van der Waals surface area (Å²) in [5.74, 6) is 1.71. The lowest BCUT2D eigenvalue weighted by Crippen LogP contribution is -2.33. The molecule has 2 atom stereocenters. The number of nitrogens with zero attached hydrogens (tertiary/aromatic N) is 2. The van der Waals surface area contributed by atoms with Crippen molar-refractivity contribution in [2.75, 3.05) is 0 Å². The summed E-state index contributed by atoms with van der Waals surface area (Å²) in [4.78, 5) is 0. The molecule has 0 aromatic heterocycles. The molecular weight excluding hydrogens is 524 g/mol. The predicted octanol–water partition coefficient (Wildman–Crippen LogP) is 7.92. The van der Waals surface area contributed by atoms with Crippen LogP contribution in [0, 0.1) is 0 Å². The Morgan fingerprint density at radius 1 is 0.943 bits per heavy atom. The first-order chi connectivity index (χ1) is 17.1. The van der Waals surface area contributed by atoms with Crippen molar-refractivity contribution in [3.8, 4) is 11.5 Å². The Kier molecular flexibility index (Phi) is 5.96. The fourth-order valence-electron chi connectivity index (χ4n) is 4.56. The molecule has 4 aromatic carbocycles. The summed E-state index contributed by atoms with van der Waals surface area (Å²) in [6, 6.07) is 32.4. The second kappa shape index (κ2) is 9.40. The molecule has 0 unspecified atom stereocenters. The van der Waals surface area contributed by atoms with Gasteiger partial charge in [0, 0.05) is 27.0 Å². The summed E-state index contributed by atoms with van der Waals surface area (Å²) in [6.07, 6.45) is 0.463. The standard InChI is InChI=1S/C29H22BrClN2O2/c30-22-10-15-28-25(16-22)27-17-26(20-6-11-23(31)12-7-20)32-33(27)29(35-28)21-8-13-24(14-9-21)34-18-19-4-2-1-3-5-19/h1-16,27,29H,17-18H2/t27-,29-/m0/s1. The van der Waals surface area contributed by atoms with Crippen LogP contribution in [0.3, 0.4) is 0 Å². The van der Waals surface area contributed by atoms with E-state index in [0.717, 1.165) is 55.4 Å². The summed E-state index contributed by atoms with van der Waals surface area (Å²) in [5.41, 5.74) is 5.39. The summed E-state index contributed by atoms with van der Waals surface area (Å²) < 4.78 is 13.5. The van der Waals surface area contributed by atoms with E-state index in [4.69, 9.17) is 26.2 Å². The molecule has 4 nitrogen and oxygen atoms in total. The summed E-state index contributed by atoms with van der Waals surface area (Å²) in [7, 11) is 0. The van der Waals surface area contributed by atoms with E-state index < -0.39 is 0 Å². The number of fused-ring (bicyclic) bond motifs is 3. The smallest absolute Gasteiger partial charge is 0.213 e. The molecular formula is C29H22BrClN2O2. The van der Waals surface area contributed by atoms with E-state index in [1.54, 1.807) is 0 Å². The molecule has 0 saturated carbocycles. The van der Waals surface area contributed by atoms with Crippen LogP contribution in [0.5, 0.6) is 11.5 Å². The maximum atomic E-state index is 6.50. The Balaban J connectivity index is 1.29. The van der Waals surface area contributed by atoms with Gasteiger partial charge in [-0.05, 0) is 65.7 Å². The zero-order valence-corrected chi connectivity index (χ0v) is 21.1. The largest absolute Gasteiger partial charge is 0.489 e. The summed E-state index contributed by atoms with van der Waals surface area (Å²) in [6.45, 7) is 0.533. The first-order valence-corrected chi connectivity index (χ1v) is 12.7. The maximum absolute atomic E-state index is 6.50. The van der Waals surface area contributed by atoms with Crippen LogP contribution < -0.4 is 9.47 Å². The zero-order valence-electron chi connectivity index (χ0n) is 18.8. The van der Waals surface area contributed by atoms with Crippen molar-refractivity contribution in [1.29, 1.82) is 0 Å². The SMILES string of the molecule is Clc1ccc(C2=NN3[C@@H](C2)c2cc(Br)ccc2O[C@H]3c2ccc(OCc3ccccc3)cc2)cc1. The van der Waals surface area contributed by atoms with Gasteiger partial charge in [0.1, 0.15) is 18.1 Å². The maximum Gasteiger partial charge on any atom is 0.213 e. The van der Waals surface area contributed by atoms with E-state index in [9.17, 15) is 0 Å². The summed E-state index contributed by atoms with van der Waals surface area (Å²) in [5, 5.41) is 7.83. The third-order valence-corrected chi connectivity index (χ3v) is 7.09. The van der Waals surface area contributed by atoms with Crippen LogP contribution >= 0.6 is 27.5 Å². The van der Waals surface area contributed by atoms with Gasteiger partial charge < -0.3 is 9.47 Å². The first-order valence-electron chi connectivity index (χ1n) is 11.5. The van der Waals surface area contributed by atoms with Crippen LogP contribution in [0.15, 0.2) is 107 Å². The lowest BCUT2D eigenvalue weighted by atomic mass is 9.96. The fraction of sp³-hybridized carbons (Fsp3) is 0.138. The zero-order chi connectivity index (χ0) is 23.8. The quantitative estimate of drug-likeness (QED) is 0.255. The minimum atomic E-state index is -0.332. The van der Waals surface area contributed by atoms with Crippen molar-refractivity contribution in [1.82, 2.24) is 5.01 Å². The molecule has 0 radical (unpaired) electrons. The molecule has 6 heteroatoms. The lowest BCUT2D eigenvalue weighted by Gasteiger charge is -2.38. The lowest BCUT2D eigenvalue weighted by molar-refractivity contribution is -0.0191. The molecule has 2 aliphatic rings. The molecule has 0 N–H and O–H groups in total. The van der Waals surface area contributed by atoms with Crippen molar-refractivity contribution in [2.45, 2.75) is 25.3 Å². The van der Waals surface area contributed by atoms with Crippen molar-refractivity contribution in [3.63, 3.8) is 0 Å². The number of benzene rings is 4. The number of hydrogen-bond acceptors (Lipinski definition) is 4. The molecule has 2 aliphatic heterocycles. The third kappa shape index (κ3) is 4.54. The molecule has 35 heavy (non-hydrogen) atoms. The van der Waals surface area contributed by atoms with Crippen molar-refractivity contribution < 1.29 is 9.47 Å². The molecule has 0 spiro atoms. The minimum Gasteiger partial charge on any atom is -0.489 e. The average Bonchev–Trinajstić information content (AvgIpc) is 3.34. The van der Waals surface area contributed by atoms with Crippen LogP contribution in [0.1, 0.15) is 40.9 Å². The van der Waals surface area contributed by atoms with Gasteiger partial charge in [-0.3, -0.25) is 0 Å². The number of ether oxygens (including phenoxy) is 2. The molecule has 0 saturated heterocycles. The third-order valence-electron chi connectivity index (χ3n) is 6.34. The highest BCUT2D eigenvalue weighted by molar-refractivity contribution is 9.10. The molecule has 174 valence electrons. The molecule has 0 fully saturated rings. The topological polar surface area (TPSA) is 34.1 Å². The highest BCUT2D eigenvalue weighted by atomic mass is 79.9. The Bertz CT molecular complexity index is 1370. The van der Waals surface area contributed by atoms with Gasteiger partial charge in [-0.2, -0.15) is 5.10 Å². The van der Waals surface area contributed by atoms with Crippen LogP contribution in [-0.2, 0) is 6.61 Å². The van der Waals surface area contributed by atoms with Gasteiger partial charge in [0.15, 0.2) is 0 Å². The molecule has 2 heterocycles. The van der Waals surface area contributed by atoms with Crippen LogP contribution in [0.2, 0.25) is 5.02 Å². The highest BCUT2D eigenvalue weighted by Crippen LogP contribution is 2.48. The van der Waals surface area contributed by atoms with Crippen molar-refractivity contribution >= 4 is 33.2 Å². The highest BCUT2D eigenvalue weighted by Gasteiger charge is 2.41. The first kappa shape index (κ1) is 22.2. The van der Waals surface area contributed by atoms with E-state index in [2.05, 4.69) is 51.3 Å². The number of hydrazone groups is 1. The van der Waals surface area contributed by atoms with Crippen molar-refractivity contribution in [2.24, 2.45) is 5.10 Å². The van der Waals surface area contributed by atoms with Gasteiger partial charge >= 0.3 is 0 Å². The van der Waals surface area contributed by atoms with Gasteiger partial charge in [0.05, 0.1) is 11.8 Å². The van der Waals surface area contributed by atoms with E-state index in [1.807, 2.05) is 66.7 Å². The Morgan fingerprint density at radius 3 is 2.49 bits per heavy atom. The second-order valence-electron chi connectivity index (χ2n) is 8.65. The Morgan fingerprint density at radius 2 is 1.71 bits per heavy atom. The predicted molar refractivity (Wildman–Crippen MR) is 142 cm³/mol. The van der Waals surface area contributed by atoms with Crippen LogP contribution in [-0.4, -0.2) is 10.7 Å². The Labute approximate surface area is 217 Å². The van der Waals surface area contributed by atoms with Gasteiger partial charge in [-0.25, -0.2) is 5.01 Å². The van der Waals surface area contributed by atoms with E-state index in [1.165, 1.54) is 0 Å². The van der Waals surface area contributed by atoms with Crippen LogP contribution in [0.4, 0.5) is 0 Å². The monoisotopic (exact) mass is 544 g/mol. The Hall–Kier alpha value is -3.28. The number of halogens is 2. The second-order valence-corrected chi connectivity index (χ2v) is 10.0. The molecule has 0 bridgehead atoms. The van der Waals surface area contributed by atoms with Gasteiger partial charge in [-0.15, -0.1) is 0 Å². The van der Waals surface area contributed by atoms with Crippen LogP contribution in [0.25, 0.3) is 0 Å².